The van der Waals surface area contributed by atoms with Crippen molar-refractivity contribution >= 4 is 43.9 Å². The Morgan fingerprint density at radius 1 is 0.884 bits per heavy atom. The van der Waals surface area contributed by atoms with Crippen molar-refractivity contribution in [1.82, 2.24) is 4.98 Å². The van der Waals surface area contributed by atoms with Gasteiger partial charge in [-0.1, -0.05) is 57.2 Å². The number of rotatable bonds is 8. The van der Waals surface area contributed by atoms with Gasteiger partial charge in [0.15, 0.2) is 17.9 Å². The largest absolute Gasteiger partial charge is 0.492 e. The summed E-state index contributed by atoms with van der Waals surface area (Å²) in [5.41, 5.74) is 2.38. The summed E-state index contributed by atoms with van der Waals surface area (Å²) >= 11 is 0. The average Bonchev–Trinajstić information content (AvgIpc) is 3.48. The number of fused-ring (bicyclic) bond motifs is 1. The first-order valence-electron chi connectivity index (χ1n) is 13.4. The number of hydrogen-bond donors (Lipinski definition) is 3. The number of anilines is 3. The van der Waals surface area contributed by atoms with Crippen molar-refractivity contribution in [2.45, 2.75) is 26.2 Å². The Bertz CT molecular complexity index is 1900. The van der Waals surface area contributed by atoms with Gasteiger partial charge in [0.05, 0.1) is 36.6 Å². The molecule has 1 aromatic heterocycles. The number of hydrogen-bond acceptors (Lipinski definition) is 7. The van der Waals surface area contributed by atoms with Crippen molar-refractivity contribution in [3.05, 3.63) is 91.0 Å². The lowest BCUT2D eigenvalue weighted by Gasteiger charge is -2.24. The van der Waals surface area contributed by atoms with Crippen LogP contribution < -0.4 is 24.8 Å². The molecule has 10 nitrogen and oxygen atoms in total. The van der Waals surface area contributed by atoms with Gasteiger partial charge in [-0.25, -0.2) is 18.2 Å². The van der Waals surface area contributed by atoms with Gasteiger partial charge in [0.1, 0.15) is 11.5 Å². The Labute approximate surface area is 250 Å². The maximum Gasteiger partial charge on any atom is 0.323 e. The van der Waals surface area contributed by atoms with Crippen molar-refractivity contribution in [1.29, 1.82) is 0 Å². The van der Waals surface area contributed by atoms with Crippen molar-refractivity contribution in [3.8, 4) is 28.6 Å². The first kappa shape index (κ1) is 29.5. The molecule has 5 rings (SSSR count). The van der Waals surface area contributed by atoms with Crippen LogP contribution in [-0.2, 0) is 15.4 Å². The zero-order valence-electron chi connectivity index (χ0n) is 24.4. The number of urea groups is 1. The monoisotopic (exact) mass is 600 g/mol. The molecule has 0 aliphatic heterocycles. The number of oxazole rings is 1. The maximum absolute atomic E-state index is 13.3. The molecule has 43 heavy (non-hydrogen) atoms. The second-order valence-corrected chi connectivity index (χ2v) is 12.7. The summed E-state index contributed by atoms with van der Waals surface area (Å²) in [5.74, 6) is 2.04. The van der Waals surface area contributed by atoms with E-state index in [0.717, 1.165) is 28.2 Å². The number of aromatic nitrogens is 1. The predicted molar refractivity (Wildman–Crippen MR) is 169 cm³/mol. The van der Waals surface area contributed by atoms with Crippen LogP contribution in [0.25, 0.3) is 22.1 Å². The van der Waals surface area contributed by atoms with E-state index in [1.165, 1.54) is 13.5 Å². The Balaban J connectivity index is 1.43. The number of methoxy groups -OCH3 is 1. The summed E-state index contributed by atoms with van der Waals surface area (Å²) in [5, 5.41) is 7.29. The van der Waals surface area contributed by atoms with E-state index in [4.69, 9.17) is 13.9 Å². The Morgan fingerprint density at radius 3 is 2.28 bits per heavy atom. The molecule has 1 heterocycles. The number of benzene rings is 4. The summed E-state index contributed by atoms with van der Waals surface area (Å²) in [4.78, 5) is 17.3. The third-order valence-electron chi connectivity index (χ3n) is 6.61. The number of ether oxygens (including phenoxy) is 2. The van der Waals surface area contributed by atoms with Crippen LogP contribution in [0.5, 0.6) is 17.2 Å². The Hall–Kier alpha value is -5.03. The fourth-order valence-electron chi connectivity index (χ4n) is 4.59. The smallest absolute Gasteiger partial charge is 0.323 e. The number of sulfonamides is 1. The molecule has 0 spiro atoms. The van der Waals surface area contributed by atoms with Gasteiger partial charge in [-0.3, -0.25) is 4.72 Å². The standard InChI is InChI=1S/C32H32N4O6S/c1-32(2,3)21-16-26(30(40-4)27(17-21)36-43(5,38)39)35-31(37)34-25-13-14-28(24-12-7-6-11-23(24)25)42-22-10-8-9-20(15-22)29-18-33-19-41-29/h6-19,36H,1-5H3,(H2,34,35,37). The molecule has 0 unspecified atom stereocenters. The van der Waals surface area contributed by atoms with Crippen LogP contribution in [-0.4, -0.2) is 32.8 Å². The van der Waals surface area contributed by atoms with Gasteiger partial charge in [0.2, 0.25) is 10.0 Å². The summed E-state index contributed by atoms with van der Waals surface area (Å²) in [6.45, 7) is 5.97. The summed E-state index contributed by atoms with van der Waals surface area (Å²) in [6, 6.07) is 21.5. The SMILES string of the molecule is COc1c(NC(=O)Nc2ccc(Oc3cccc(-c4cnco4)c3)c3ccccc23)cc(C(C)(C)C)cc1NS(C)(=O)=O. The molecule has 0 atom stereocenters. The summed E-state index contributed by atoms with van der Waals surface area (Å²) < 4.78 is 43.8. The van der Waals surface area contributed by atoms with Crippen LogP contribution >= 0.6 is 0 Å². The van der Waals surface area contributed by atoms with Gasteiger partial charge in [-0.15, -0.1) is 0 Å². The fourth-order valence-corrected chi connectivity index (χ4v) is 5.14. The predicted octanol–water partition coefficient (Wildman–Crippen LogP) is 7.61. The van der Waals surface area contributed by atoms with E-state index in [0.29, 0.717) is 28.6 Å². The molecular weight excluding hydrogens is 568 g/mol. The molecule has 222 valence electrons. The van der Waals surface area contributed by atoms with Crippen LogP contribution in [0.3, 0.4) is 0 Å². The van der Waals surface area contributed by atoms with E-state index in [-0.39, 0.29) is 16.9 Å². The minimum atomic E-state index is -3.61. The van der Waals surface area contributed by atoms with Gasteiger partial charge < -0.3 is 24.5 Å². The fraction of sp³-hybridized carbons (Fsp3) is 0.188. The minimum Gasteiger partial charge on any atom is -0.492 e. The quantitative estimate of drug-likeness (QED) is 0.167. The second-order valence-electron chi connectivity index (χ2n) is 11.0. The van der Waals surface area contributed by atoms with Crippen LogP contribution in [0.2, 0.25) is 0 Å². The molecule has 0 aliphatic rings. The molecule has 0 saturated heterocycles. The van der Waals surface area contributed by atoms with Crippen molar-refractivity contribution in [2.24, 2.45) is 0 Å². The third-order valence-corrected chi connectivity index (χ3v) is 7.20. The van der Waals surface area contributed by atoms with Gasteiger partial charge >= 0.3 is 6.03 Å². The number of nitrogens with one attached hydrogen (secondary N) is 3. The highest BCUT2D eigenvalue weighted by Crippen LogP contribution is 2.40. The van der Waals surface area contributed by atoms with Gasteiger partial charge in [0.25, 0.3) is 0 Å². The highest BCUT2D eigenvalue weighted by atomic mass is 32.2. The van der Waals surface area contributed by atoms with Gasteiger partial charge in [-0.2, -0.15) is 0 Å². The molecule has 0 bridgehead atoms. The van der Waals surface area contributed by atoms with E-state index in [9.17, 15) is 13.2 Å². The van der Waals surface area contributed by atoms with E-state index in [2.05, 4.69) is 20.3 Å². The lowest BCUT2D eigenvalue weighted by atomic mass is 9.86. The molecule has 4 aromatic carbocycles. The highest BCUT2D eigenvalue weighted by molar-refractivity contribution is 7.92. The van der Waals surface area contributed by atoms with Crippen LogP contribution in [0.15, 0.2) is 89.8 Å². The number of carbonyl (C=O) groups is 1. The molecule has 0 saturated carbocycles. The maximum atomic E-state index is 13.3. The molecule has 11 heteroatoms. The lowest BCUT2D eigenvalue weighted by molar-refractivity contribution is 0.262. The summed E-state index contributed by atoms with van der Waals surface area (Å²) in [6.07, 6.45) is 4.07. The van der Waals surface area contributed by atoms with Crippen molar-refractivity contribution in [2.75, 3.05) is 28.7 Å². The number of carbonyl (C=O) groups excluding carboxylic acids is 1. The van der Waals surface area contributed by atoms with E-state index < -0.39 is 16.1 Å². The molecule has 0 fully saturated rings. The molecule has 2 amide bonds. The van der Waals surface area contributed by atoms with Crippen LogP contribution in [0.4, 0.5) is 21.9 Å². The lowest BCUT2D eigenvalue weighted by Crippen LogP contribution is -2.22. The molecule has 3 N–H and O–H groups in total. The normalized spacial score (nSPS) is 11.7. The van der Waals surface area contributed by atoms with Crippen molar-refractivity contribution < 1.29 is 27.1 Å². The molecule has 5 aromatic rings. The first-order valence-corrected chi connectivity index (χ1v) is 15.3. The van der Waals surface area contributed by atoms with E-state index in [1.807, 2.05) is 69.3 Å². The highest BCUT2D eigenvalue weighted by Gasteiger charge is 2.22. The molecular formula is C32H32N4O6S. The van der Waals surface area contributed by atoms with Gasteiger partial charge in [-0.05, 0) is 47.4 Å². The second kappa shape index (κ2) is 11.7. The van der Waals surface area contributed by atoms with Crippen LogP contribution in [0, 0.1) is 0 Å². The minimum absolute atomic E-state index is 0.190. The molecule has 0 radical (unpaired) electrons. The topological polar surface area (TPSA) is 132 Å². The number of nitrogens with zero attached hydrogens (tertiary/aromatic N) is 1. The molecule has 0 aliphatic carbocycles. The zero-order valence-corrected chi connectivity index (χ0v) is 25.2. The third kappa shape index (κ3) is 6.90. The Morgan fingerprint density at radius 2 is 1.60 bits per heavy atom. The van der Waals surface area contributed by atoms with Crippen molar-refractivity contribution in [3.63, 3.8) is 0 Å². The number of amides is 2. The van der Waals surface area contributed by atoms with E-state index in [1.54, 1.807) is 30.5 Å². The Kier molecular flexibility index (Phi) is 8.01. The summed E-state index contributed by atoms with van der Waals surface area (Å²) in [7, 11) is -2.20. The average molecular weight is 601 g/mol. The van der Waals surface area contributed by atoms with E-state index >= 15 is 0 Å². The first-order chi connectivity index (χ1) is 20.4. The zero-order chi connectivity index (χ0) is 30.8. The van der Waals surface area contributed by atoms with Crippen LogP contribution in [0.1, 0.15) is 26.3 Å². The van der Waals surface area contributed by atoms with Gasteiger partial charge in [0, 0.05) is 16.3 Å².